The van der Waals surface area contributed by atoms with Gasteiger partial charge >= 0.3 is 0 Å². The van der Waals surface area contributed by atoms with Crippen molar-refractivity contribution < 1.29 is 0 Å². The lowest BCUT2D eigenvalue weighted by Crippen LogP contribution is -2.24. The first-order valence-electron chi connectivity index (χ1n) is 6.71. The largest absolute Gasteiger partial charge is 0.261 e. The number of pyridine rings is 1. The Morgan fingerprint density at radius 2 is 1.59 bits per heavy atom. The summed E-state index contributed by atoms with van der Waals surface area (Å²) in [4.78, 5) is 4.68. The highest BCUT2D eigenvalue weighted by molar-refractivity contribution is 5.42. The summed E-state index contributed by atoms with van der Waals surface area (Å²) in [7, 11) is 0. The third-order valence-electron chi connectivity index (χ3n) is 3.50. The fraction of sp³-hybridized carbons (Fsp3) is 0.688. The predicted molar refractivity (Wildman–Crippen MR) is 73.6 cm³/mol. The van der Waals surface area contributed by atoms with Crippen LogP contribution < -0.4 is 0 Å². The van der Waals surface area contributed by atoms with Gasteiger partial charge in [0, 0.05) is 17.8 Å². The summed E-state index contributed by atoms with van der Waals surface area (Å²) in [5.74, 6) is 0.728. The van der Waals surface area contributed by atoms with Crippen molar-refractivity contribution in [2.24, 2.45) is 0 Å². The molecule has 0 bridgehead atoms. The second-order valence-electron chi connectivity index (χ2n) is 7.39. The van der Waals surface area contributed by atoms with Gasteiger partial charge in [-0.1, -0.05) is 41.5 Å². The van der Waals surface area contributed by atoms with Gasteiger partial charge in [-0.25, -0.2) is 0 Å². The van der Waals surface area contributed by atoms with Crippen LogP contribution in [-0.4, -0.2) is 4.98 Å². The van der Waals surface area contributed by atoms with E-state index in [2.05, 4.69) is 52.6 Å². The molecule has 2 rings (SSSR count). The van der Waals surface area contributed by atoms with E-state index < -0.39 is 0 Å². The van der Waals surface area contributed by atoms with E-state index in [1.807, 2.05) is 6.20 Å². The van der Waals surface area contributed by atoms with E-state index in [1.165, 1.54) is 29.7 Å². The van der Waals surface area contributed by atoms with Crippen molar-refractivity contribution in [3.63, 3.8) is 0 Å². The molecule has 1 aliphatic rings. The maximum Gasteiger partial charge on any atom is 0.0474 e. The number of hydrogen-bond donors (Lipinski definition) is 0. The van der Waals surface area contributed by atoms with E-state index in [-0.39, 0.29) is 10.8 Å². The molecule has 0 atom stereocenters. The Bertz CT molecular complexity index is 414. The van der Waals surface area contributed by atoms with Crippen molar-refractivity contribution in [2.45, 2.75) is 71.1 Å². The minimum absolute atomic E-state index is 0.189. The molecule has 17 heavy (non-hydrogen) atoms. The van der Waals surface area contributed by atoms with Crippen LogP contribution in [0.1, 0.15) is 77.1 Å². The Morgan fingerprint density at radius 3 is 2.00 bits per heavy atom. The highest BCUT2D eigenvalue weighted by Gasteiger charge is 2.34. The van der Waals surface area contributed by atoms with Crippen LogP contribution in [0.15, 0.2) is 12.3 Å². The topological polar surface area (TPSA) is 12.9 Å². The molecule has 0 aliphatic heterocycles. The minimum Gasteiger partial charge on any atom is -0.261 e. The van der Waals surface area contributed by atoms with Crippen LogP contribution in [0.5, 0.6) is 0 Å². The zero-order valence-electron chi connectivity index (χ0n) is 12.1. The van der Waals surface area contributed by atoms with Crippen molar-refractivity contribution in [1.29, 1.82) is 0 Å². The van der Waals surface area contributed by atoms with Gasteiger partial charge < -0.3 is 0 Å². The SMILES string of the molecule is CC(C)(C)c1ccnc(C2CC2)c1C(C)(C)C. The van der Waals surface area contributed by atoms with Gasteiger partial charge in [-0.2, -0.15) is 0 Å². The lowest BCUT2D eigenvalue weighted by Gasteiger charge is -2.31. The molecular weight excluding hydrogens is 206 g/mol. The molecule has 1 heteroatoms. The van der Waals surface area contributed by atoms with Crippen LogP contribution in [0, 0.1) is 0 Å². The van der Waals surface area contributed by atoms with Crippen LogP contribution in [0.3, 0.4) is 0 Å². The Labute approximate surface area is 106 Å². The van der Waals surface area contributed by atoms with Crippen molar-refractivity contribution >= 4 is 0 Å². The quantitative estimate of drug-likeness (QED) is 0.690. The summed E-state index contributed by atoms with van der Waals surface area (Å²) in [5.41, 5.74) is 4.73. The second kappa shape index (κ2) is 3.83. The van der Waals surface area contributed by atoms with Crippen LogP contribution in [0.25, 0.3) is 0 Å². The lowest BCUT2D eigenvalue weighted by molar-refractivity contribution is 0.520. The standard InChI is InChI=1S/C16H25N/c1-15(2,3)12-9-10-17-14(11-7-8-11)13(12)16(4,5)6/h9-11H,7-8H2,1-6H3. The number of aromatic nitrogens is 1. The number of rotatable bonds is 1. The van der Waals surface area contributed by atoms with Gasteiger partial charge in [0.2, 0.25) is 0 Å². The molecule has 1 nitrogen and oxygen atoms in total. The fourth-order valence-electron chi connectivity index (χ4n) is 2.56. The molecule has 1 aromatic heterocycles. The van der Waals surface area contributed by atoms with E-state index in [9.17, 15) is 0 Å². The molecule has 0 aromatic carbocycles. The summed E-state index contributed by atoms with van der Waals surface area (Å²) in [6.45, 7) is 13.8. The average Bonchev–Trinajstić information content (AvgIpc) is 2.96. The van der Waals surface area contributed by atoms with Gasteiger partial charge in [0.25, 0.3) is 0 Å². The van der Waals surface area contributed by atoms with Crippen LogP contribution in [-0.2, 0) is 10.8 Å². The smallest absolute Gasteiger partial charge is 0.0474 e. The molecule has 0 spiro atoms. The molecule has 94 valence electrons. The van der Waals surface area contributed by atoms with Crippen molar-refractivity contribution in [3.05, 3.63) is 29.1 Å². The summed E-state index contributed by atoms with van der Waals surface area (Å²) in [6, 6.07) is 2.21. The minimum atomic E-state index is 0.189. The Morgan fingerprint density at radius 1 is 1.00 bits per heavy atom. The summed E-state index contributed by atoms with van der Waals surface area (Å²) in [6.07, 6.45) is 4.65. The van der Waals surface area contributed by atoms with E-state index in [1.54, 1.807) is 0 Å². The first kappa shape index (κ1) is 12.6. The lowest BCUT2D eigenvalue weighted by atomic mass is 9.74. The molecule has 1 fully saturated rings. The molecule has 0 unspecified atom stereocenters. The number of nitrogens with zero attached hydrogens (tertiary/aromatic N) is 1. The van der Waals surface area contributed by atoms with E-state index in [4.69, 9.17) is 0 Å². The van der Waals surface area contributed by atoms with Gasteiger partial charge in [-0.05, 0) is 40.9 Å². The van der Waals surface area contributed by atoms with Gasteiger partial charge in [0.15, 0.2) is 0 Å². The predicted octanol–water partition coefficient (Wildman–Crippen LogP) is 4.55. The van der Waals surface area contributed by atoms with Gasteiger partial charge in [0.1, 0.15) is 0 Å². The van der Waals surface area contributed by atoms with Gasteiger partial charge in [-0.15, -0.1) is 0 Å². The Hall–Kier alpha value is -0.850. The Balaban J connectivity index is 2.63. The number of hydrogen-bond acceptors (Lipinski definition) is 1. The van der Waals surface area contributed by atoms with E-state index in [0.29, 0.717) is 0 Å². The zero-order chi connectivity index (χ0) is 12.8. The molecule has 1 saturated carbocycles. The highest BCUT2D eigenvalue weighted by atomic mass is 14.7. The monoisotopic (exact) mass is 231 g/mol. The maximum absolute atomic E-state index is 4.68. The molecule has 0 N–H and O–H groups in total. The van der Waals surface area contributed by atoms with Gasteiger partial charge in [0.05, 0.1) is 0 Å². The van der Waals surface area contributed by atoms with Crippen LogP contribution in [0.4, 0.5) is 0 Å². The van der Waals surface area contributed by atoms with Crippen LogP contribution >= 0.6 is 0 Å². The third kappa shape index (κ3) is 2.53. The highest BCUT2D eigenvalue weighted by Crippen LogP contribution is 2.45. The molecule has 1 heterocycles. The molecular formula is C16H25N. The Kier molecular flexibility index (Phi) is 2.84. The van der Waals surface area contributed by atoms with Crippen molar-refractivity contribution in [3.8, 4) is 0 Å². The zero-order valence-corrected chi connectivity index (χ0v) is 12.1. The van der Waals surface area contributed by atoms with Gasteiger partial charge in [-0.3, -0.25) is 4.98 Å². The normalized spacial score (nSPS) is 17.3. The molecule has 0 saturated heterocycles. The van der Waals surface area contributed by atoms with Crippen LogP contribution in [0.2, 0.25) is 0 Å². The van der Waals surface area contributed by atoms with Crippen molar-refractivity contribution in [2.75, 3.05) is 0 Å². The molecule has 1 aromatic rings. The average molecular weight is 231 g/mol. The summed E-state index contributed by atoms with van der Waals surface area (Å²) in [5, 5.41) is 0. The molecule has 0 amide bonds. The summed E-state index contributed by atoms with van der Waals surface area (Å²) >= 11 is 0. The molecule has 0 radical (unpaired) electrons. The second-order valence-corrected chi connectivity index (χ2v) is 7.39. The van der Waals surface area contributed by atoms with E-state index in [0.717, 1.165) is 5.92 Å². The first-order chi connectivity index (χ1) is 7.71. The first-order valence-corrected chi connectivity index (χ1v) is 6.71. The molecule has 1 aliphatic carbocycles. The fourth-order valence-corrected chi connectivity index (χ4v) is 2.56. The summed E-state index contributed by atoms with van der Waals surface area (Å²) < 4.78 is 0. The third-order valence-corrected chi connectivity index (χ3v) is 3.50. The van der Waals surface area contributed by atoms with Crippen molar-refractivity contribution in [1.82, 2.24) is 4.98 Å². The van der Waals surface area contributed by atoms with E-state index >= 15 is 0 Å². The maximum atomic E-state index is 4.68.